The van der Waals surface area contributed by atoms with Gasteiger partial charge in [0.25, 0.3) is 0 Å². The van der Waals surface area contributed by atoms with Crippen molar-refractivity contribution in [3.63, 3.8) is 0 Å². The Labute approximate surface area is 102 Å². The fourth-order valence-corrected chi connectivity index (χ4v) is 3.04. The second-order valence-corrected chi connectivity index (χ2v) is 5.29. The number of piperidine rings is 1. The van der Waals surface area contributed by atoms with Crippen molar-refractivity contribution in [2.24, 2.45) is 5.92 Å². The summed E-state index contributed by atoms with van der Waals surface area (Å²) in [4.78, 5) is 11.5. The lowest BCUT2D eigenvalue weighted by Gasteiger charge is -2.24. The Balaban J connectivity index is 1.83. The summed E-state index contributed by atoms with van der Waals surface area (Å²) in [7, 11) is 0. The number of hydrogen-bond acceptors (Lipinski definition) is 4. The molecule has 2 saturated heterocycles. The first kappa shape index (κ1) is 11.0. The van der Waals surface area contributed by atoms with Crippen LogP contribution in [0.4, 0.5) is 5.82 Å². The molecule has 92 valence electrons. The third-order valence-corrected chi connectivity index (χ3v) is 3.95. The number of anilines is 1. The summed E-state index contributed by atoms with van der Waals surface area (Å²) in [5.74, 6) is 1.88. The summed E-state index contributed by atoms with van der Waals surface area (Å²) in [5, 5.41) is 3.62. The van der Waals surface area contributed by atoms with Crippen LogP contribution in [0.2, 0.25) is 0 Å². The fourth-order valence-electron chi connectivity index (χ4n) is 3.04. The highest BCUT2D eigenvalue weighted by Crippen LogP contribution is 2.29. The lowest BCUT2D eigenvalue weighted by atomic mass is 9.94. The highest BCUT2D eigenvalue weighted by molar-refractivity contribution is 5.45. The molecule has 0 aromatic carbocycles. The summed E-state index contributed by atoms with van der Waals surface area (Å²) in [6, 6.07) is 0.658. The quantitative estimate of drug-likeness (QED) is 0.792. The summed E-state index contributed by atoms with van der Waals surface area (Å²) >= 11 is 0. The van der Waals surface area contributed by atoms with Crippen LogP contribution in [0.1, 0.15) is 24.2 Å². The Morgan fingerprint density at radius 1 is 1.35 bits per heavy atom. The number of fused-ring (bicyclic) bond motifs is 1. The number of rotatable bonds is 1. The molecule has 3 heterocycles. The summed E-state index contributed by atoms with van der Waals surface area (Å²) in [5.41, 5.74) is 2.06. The minimum absolute atomic E-state index is 0.658. The van der Waals surface area contributed by atoms with E-state index in [1.807, 2.05) is 13.1 Å². The number of aromatic nitrogens is 2. The fraction of sp³-hybridized carbons (Fsp3) is 0.692. The standard InChI is InChI=1S/C13H20N4/c1-9-6-15-10(2)13(16-9)17-7-11-4-3-5-14-12(11)8-17/h6,11-12,14H,3-5,7-8H2,1-2H3/t11-,12+/m0/s1. The zero-order chi connectivity index (χ0) is 11.8. The van der Waals surface area contributed by atoms with Crippen LogP contribution in [0, 0.1) is 19.8 Å². The van der Waals surface area contributed by atoms with Gasteiger partial charge in [-0.1, -0.05) is 0 Å². The molecule has 0 radical (unpaired) electrons. The molecule has 0 spiro atoms. The lowest BCUT2D eigenvalue weighted by Crippen LogP contribution is -2.40. The maximum atomic E-state index is 4.65. The Bertz CT molecular complexity index is 404. The molecule has 0 saturated carbocycles. The molecule has 2 atom stereocenters. The van der Waals surface area contributed by atoms with Crippen LogP contribution in [-0.4, -0.2) is 35.6 Å². The van der Waals surface area contributed by atoms with Gasteiger partial charge in [0, 0.05) is 25.3 Å². The van der Waals surface area contributed by atoms with Gasteiger partial charge in [0.15, 0.2) is 0 Å². The number of hydrogen-bond donors (Lipinski definition) is 1. The van der Waals surface area contributed by atoms with Crippen LogP contribution in [0.15, 0.2) is 6.20 Å². The third kappa shape index (κ3) is 2.02. The summed E-state index contributed by atoms with van der Waals surface area (Å²) < 4.78 is 0. The molecule has 0 amide bonds. The van der Waals surface area contributed by atoms with Gasteiger partial charge in [-0.25, -0.2) is 4.98 Å². The molecule has 0 unspecified atom stereocenters. The van der Waals surface area contributed by atoms with E-state index in [-0.39, 0.29) is 0 Å². The molecule has 1 aromatic rings. The van der Waals surface area contributed by atoms with E-state index in [4.69, 9.17) is 0 Å². The van der Waals surface area contributed by atoms with Crippen molar-refractivity contribution in [2.45, 2.75) is 32.7 Å². The molecule has 2 fully saturated rings. The topological polar surface area (TPSA) is 41.1 Å². The van der Waals surface area contributed by atoms with Crippen LogP contribution < -0.4 is 10.2 Å². The highest BCUT2D eigenvalue weighted by atomic mass is 15.3. The monoisotopic (exact) mass is 232 g/mol. The van der Waals surface area contributed by atoms with Gasteiger partial charge >= 0.3 is 0 Å². The van der Waals surface area contributed by atoms with E-state index in [0.717, 1.165) is 36.2 Å². The van der Waals surface area contributed by atoms with Crippen LogP contribution in [0.25, 0.3) is 0 Å². The molecule has 1 aromatic heterocycles. The molecule has 17 heavy (non-hydrogen) atoms. The number of nitrogens with zero attached hydrogens (tertiary/aromatic N) is 3. The van der Waals surface area contributed by atoms with E-state index in [0.29, 0.717) is 6.04 Å². The average molecular weight is 232 g/mol. The third-order valence-electron chi connectivity index (χ3n) is 3.95. The van der Waals surface area contributed by atoms with Crippen molar-refractivity contribution in [2.75, 3.05) is 24.5 Å². The first-order valence-electron chi connectivity index (χ1n) is 6.52. The molecular formula is C13H20N4. The first-order chi connectivity index (χ1) is 8.24. The van der Waals surface area contributed by atoms with Crippen LogP contribution >= 0.6 is 0 Å². The van der Waals surface area contributed by atoms with Crippen molar-refractivity contribution in [3.8, 4) is 0 Å². The Morgan fingerprint density at radius 2 is 2.24 bits per heavy atom. The van der Waals surface area contributed by atoms with Gasteiger partial charge in [0.2, 0.25) is 0 Å². The lowest BCUT2D eigenvalue weighted by molar-refractivity contribution is 0.340. The second-order valence-electron chi connectivity index (χ2n) is 5.29. The maximum absolute atomic E-state index is 4.65. The van der Waals surface area contributed by atoms with Crippen LogP contribution in [0.5, 0.6) is 0 Å². The average Bonchev–Trinajstić information content (AvgIpc) is 2.75. The Hall–Kier alpha value is -1.16. The molecular weight excluding hydrogens is 212 g/mol. The zero-order valence-electron chi connectivity index (χ0n) is 10.6. The largest absolute Gasteiger partial charge is 0.353 e. The molecule has 2 aliphatic rings. The van der Waals surface area contributed by atoms with E-state index in [2.05, 4.69) is 27.1 Å². The molecule has 3 rings (SSSR count). The van der Waals surface area contributed by atoms with E-state index in [1.165, 1.54) is 19.4 Å². The smallest absolute Gasteiger partial charge is 0.150 e. The summed E-state index contributed by atoms with van der Waals surface area (Å²) in [6.07, 6.45) is 4.51. The van der Waals surface area contributed by atoms with Crippen molar-refractivity contribution < 1.29 is 0 Å². The molecule has 1 N–H and O–H groups in total. The van der Waals surface area contributed by atoms with E-state index >= 15 is 0 Å². The molecule has 4 heteroatoms. The molecule has 2 aliphatic heterocycles. The van der Waals surface area contributed by atoms with Crippen LogP contribution in [-0.2, 0) is 0 Å². The Morgan fingerprint density at radius 3 is 3.06 bits per heavy atom. The Kier molecular flexibility index (Phi) is 2.74. The van der Waals surface area contributed by atoms with Gasteiger partial charge in [-0.15, -0.1) is 0 Å². The zero-order valence-corrected chi connectivity index (χ0v) is 10.6. The van der Waals surface area contributed by atoms with E-state index in [1.54, 1.807) is 0 Å². The number of aryl methyl sites for hydroxylation is 2. The normalized spacial score (nSPS) is 28.2. The predicted octanol–water partition coefficient (Wildman–Crippen LogP) is 1.28. The minimum atomic E-state index is 0.658. The van der Waals surface area contributed by atoms with Gasteiger partial charge in [-0.3, -0.25) is 4.98 Å². The molecule has 0 bridgehead atoms. The van der Waals surface area contributed by atoms with Gasteiger partial charge in [-0.05, 0) is 39.2 Å². The SMILES string of the molecule is Cc1cnc(C)c(N2C[C@@H]3CCCN[C@@H]3C2)n1. The maximum Gasteiger partial charge on any atom is 0.150 e. The predicted molar refractivity (Wildman–Crippen MR) is 68.2 cm³/mol. The van der Waals surface area contributed by atoms with Crippen molar-refractivity contribution in [3.05, 3.63) is 17.6 Å². The highest BCUT2D eigenvalue weighted by Gasteiger charge is 2.35. The molecule has 4 nitrogen and oxygen atoms in total. The second kappa shape index (κ2) is 4.26. The number of nitrogens with one attached hydrogen (secondary N) is 1. The summed E-state index contributed by atoms with van der Waals surface area (Å²) in [6.45, 7) is 7.46. The van der Waals surface area contributed by atoms with Gasteiger partial charge < -0.3 is 10.2 Å². The van der Waals surface area contributed by atoms with Gasteiger partial charge in [-0.2, -0.15) is 0 Å². The van der Waals surface area contributed by atoms with Gasteiger partial charge in [0.05, 0.1) is 11.4 Å². The van der Waals surface area contributed by atoms with Crippen LogP contribution in [0.3, 0.4) is 0 Å². The minimum Gasteiger partial charge on any atom is -0.353 e. The van der Waals surface area contributed by atoms with Crippen molar-refractivity contribution in [1.82, 2.24) is 15.3 Å². The molecule has 0 aliphatic carbocycles. The van der Waals surface area contributed by atoms with E-state index in [9.17, 15) is 0 Å². The van der Waals surface area contributed by atoms with Crippen molar-refractivity contribution >= 4 is 5.82 Å². The van der Waals surface area contributed by atoms with Gasteiger partial charge in [0.1, 0.15) is 5.82 Å². The van der Waals surface area contributed by atoms with Crippen molar-refractivity contribution in [1.29, 1.82) is 0 Å². The van der Waals surface area contributed by atoms with E-state index < -0.39 is 0 Å². The first-order valence-corrected chi connectivity index (χ1v) is 6.52.